The predicted molar refractivity (Wildman–Crippen MR) is 104 cm³/mol. The Balaban J connectivity index is 1.75. The van der Waals surface area contributed by atoms with E-state index in [0.29, 0.717) is 29.4 Å². The summed E-state index contributed by atoms with van der Waals surface area (Å²) in [5.74, 6) is 0.549. The molecule has 1 N–H and O–H groups in total. The number of amides is 2. The van der Waals surface area contributed by atoms with E-state index in [1.165, 1.54) is 6.92 Å². The average molecular weight is 375 g/mol. The van der Waals surface area contributed by atoms with Gasteiger partial charge in [-0.2, -0.15) is 0 Å². The van der Waals surface area contributed by atoms with Gasteiger partial charge in [0.15, 0.2) is 0 Å². The van der Waals surface area contributed by atoms with E-state index in [0.717, 1.165) is 18.6 Å². The van der Waals surface area contributed by atoms with Crippen molar-refractivity contribution in [2.75, 3.05) is 25.5 Å². The van der Waals surface area contributed by atoms with Crippen molar-refractivity contribution in [2.45, 2.75) is 19.8 Å². The zero-order valence-corrected chi connectivity index (χ0v) is 15.8. The van der Waals surface area contributed by atoms with Crippen LogP contribution in [0.25, 0.3) is 0 Å². The first kappa shape index (κ1) is 19.8. The van der Waals surface area contributed by atoms with Crippen molar-refractivity contribution in [2.24, 2.45) is 0 Å². The Kier molecular flexibility index (Phi) is 7.48. The van der Waals surface area contributed by atoms with Gasteiger partial charge in [-0.1, -0.05) is 17.7 Å². The Morgan fingerprint density at radius 1 is 1.12 bits per heavy atom. The molecule has 0 aliphatic rings. The lowest BCUT2D eigenvalue weighted by atomic mass is 10.1. The molecular weight excluding hydrogens is 352 g/mol. The molecular formula is C20H23ClN2O3. The largest absolute Gasteiger partial charge is 0.494 e. The van der Waals surface area contributed by atoms with Crippen LogP contribution in [-0.2, 0) is 4.79 Å². The van der Waals surface area contributed by atoms with Gasteiger partial charge in [0.25, 0.3) is 5.91 Å². The van der Waals surface area contributed by atoms with Crippen LogP contribution in [0, 0.1) is 0 Å². The van der Waals surface area contributed by atoms with Gasteiger partial charge in [-0.05, 0) is 55.3 Å². The van der Waals surface area contributed by atoms with Crippen LogP contribution in [0.3, 0.4) is 0 Å². The highest BCUT2D eigenvalue weighted by Crippen LogP contribution is 2.16. The van der Waals surface area contributed by atoms with Crippen molar-refractivity contribution in [3.8, 4) is 5.75 Å². The normalized spacial score (nSPS) is 10.3. The number of carbonyl (C=O) groups is 2. The molecule has 0 radical (unpaired) electrons. The molecule has 0 aromatic heterocycles. The number of hydrogen-bond donors (Lipinski definition) is 1. The number of benzene rings is 2. The average Bonchev–Trinajstić information content (AvgIpc) is 2.62. The second-order valence-electron chi connectivity index (χ2n) is 6.00. The van der Waals surface area contributed by atoms with Crippen LogP contribution in [0.4, 0.5) is 5.69 Å². The third-order valence-electron chi connectivity index (χ3n) is 3.75. The monoisotopic (exact) mass is 374 g/mol. The third kappa shape index (κ3) is 6.41. The maximum Gasteiger partial charge on any atom is 0.253 e. The zero-order chi connectivity index (χ0) is 18.9. The van der Waals surface area contributed by atoms with Gasteiger partial charge < -0.3 is 15.0 Å². The van der Waals surface area contributed by atoms with Crippen molar-refractivity contribution in [3.05, 3.63) is 59.1 Å². The minimum absolute atomic E-state index is 0.0733. The molecule has 26 heavy (non-hydrogen) atoms. The Morgan fingerprint density at radius 2 is 1.85 bits per heavy atom. The van der Waals surface area contributed by atoms with E-state index in [1.807, 2.05) is 12.1 Å². The highest BCUT2D eigenvalue weighted by atomic mass is 35.5. The summed E-state index contributed by atoms with van der Waals surface area (Å²) in [4.78, 5) is 25.3. The number of nitrogens with zero attached hydrogens (tertiary/aromatic N) is 1. The molecule has 2 aromatic carbocycles. The van der Waals surface area contributed by atoms with E-state index in [-0.39, 0.29) is 11.8 Å². The fourth-order valence-corrected chi connectivity index (χ4v) is 2.55. The first-order valence-corrected chi connectivity index (χ1v) is 8.85. The van der Waals surface area contributed by atoms with Crippen LogP contribution < -0.4 is 10.1 Å². The smallest absolute Gasteiger partial charge is 0.253 e. The van der Waals surface area contributed by atoms with Crippen LogP contribution in [-0.4, -0.2) is 36.9 Å². The molecule has 6 heteroatoms. The summed E-state index contributed by atoms with van der Waals surface area (Å²) in [6.45, 7) is 2.65. The fraction of sp³-hybridized carbons (Fsp3) is 0.300. The van der Waals surface area contributed by atoms with Gasteiger partial charge in [0.2, 0.25) is 5.91 Å². The van der Waals surface area contributed by atoms with E-state index >= 15 is 0 Å². The molecule has 0 saturated heterocycles. The molecule has 0 unspecified atom stereocenters. The van der Waals surface area contributed by atoms with Crippen molar-refractivity contribution < 1.29 is 14.3 Å². The van der Waals surface area contributed by atoms with E-state index < -0.39 is 0 Å². The van der Waals surface area contributed by atoms with Crippen molar-refractivity contribution in [1.82, 2.24) is 4.90 Å². The molecule has 2 amide bonds. The molecule has 0 fully saturated rings. The van der Waals surface area contributed by atoms with Crippen LogP contribution in [0.15, 0.2) is 48.5 Å². The molecule has 2 rings (SSSR count). The summed E-state index contributed by atoms with van der Waals surface area (Å²) >= 11 is 5.83. The topological polar surface area (TPSA) is 58.6 Å². The van der Waals surface area contributed by atoms with Gasteiger partial charge in [0, 0.05) is 36.8 Å². The van der Waals surface area contributed by atoms with E-state index in [4.69, 9.17) is 16.3 Å². The molecule has 0 saturated carbocycles. The Bertz CT molecular complexity index is 747. The van der Waals surface area contributed by atoms with Crippen molar-refractivity contribution >= 4 is 29.1 Å². The summed E-state index contributed by atoms with van der Waals surface area (Å²) in [5.41, 5.74) is 1.17. The Morgan fingerprint density at radius 3 is 2.54 bits per heavy atom. The van der Waals surface area contributed by atoms with Gasteiger partial charge in [-0.3, -0.25) is 9.59 Å². The minimum atomic E-state index is -0.163. The highest BCUT2D eigenvalue weighted by molar-refractivity contribution is 6.30. The number of unbranched alkanes of at least 4 members (excludes halogenated alkanes) is 1. The highest BCUT2D eigenvalue weighted by Gasteiger charge is 2.12. The fourth-order valence-electron chi connectivity index (χ4n) is 2.43. The molecule has 0 heterocycles. The van der Waals surface area contributed by atoms with Crippen LogP contribution >= 0.6 is 11.6 Å². The number of rotatable bonds is 8. The van der Waals surface area contributed by atoms with E-state index in [9.17, 15) is 9.59 Å². The van der Waals surface area contributed by atoms with E-state index in [2.05, 4.69) is 5.32 Å². The van der Waals surface area contributed by atoms with Crippen molar-refractivity contribution in [3.63, 3.8) is 0 Å². The first-order chi connectivity index (χ1) is 12.5. The number of anilines is 1. The summed E-state index contributed by atoms with van der Waals surface area (Å²) in [5, 5.41) is 3.36. The number of ether oxygens (including phenoxy) is 1. The number of carbonyl (C=O) groups excluding carboxylic acids is 2. The maximum absolute atomic E-state index is 12.5. The molecule has 0 atom stereocenters. The summed E-state index contributed by atoms with van der Waals surface area (Å²) in [7, 11) is 1.77. The Hall–Kier alpha value is -2.53. The van der Waals surface area contributed by atoms with Gasteiger partial charge in [-0.15, -0.1) is 0 Å². The summed E-state index contributed by atoms with van der Waals surface area (Å²) < 4.78 is 5.64. The SMILES string of the molecule is CC(=O)Nc1cccc(C(=O)N(C)CCCCOc2ccc(Cl)cc2)c1. The zero-order valence-electron chi connectivity index (χ0n) is 15.0. The van der Waals surface area contributed by atoms with Crippen LogP contribution in [0.2, 0.25) is 5.02 Å². The quantitative estimate of drug-likeness (QED) is 0.703. The van der Waals surface area contributed by atoms with Gasteiger partial charge in [-0.25, -0.2) is 0 Å². The lowest BCUT2D eigenvalue weighted by molar-refractivity contribution is -0.114. The van der Waals surface area contributed by atoms with Gasteiger partial charge in [0.05, 0.1) is 6.61 Å². The molecule has 138 valence electrons. The lowest BCUT2D eigenvalue weighted by Gasteiger charge is -2.17. The molecule has 5 nitrogen and oxygen atoms in total. The molecule has 0 aliphatic carbocycles. The van der Waals surface area contributed by atoms with Gasteiger partial charge >= 0.3 is 0 Å². The first-order valence-electron chi connectivity index (χ1n) is 8.47. The number of halogens is 1. The summed E-state index contributed by atoms with van der Waals surface area (Å²) in [6, 6.07) is 14.2. The second-order valence-corrected chi connectivity index (χ2v) is 6.43. The number of nitrogens with one attached hydrogen (secondary N) is 1. The molecule has 2 aromatic rings. The van der Waals surface area contributed by atoms with E-state index in [1.54, 1.807) is 48.3 Å². The molecule has 0 spiro atoms. The standard InChI is InChI=1S/C20H23ClN2O3/c1-15(24)22-18-7-5-6-16(14-18)20(25)23(2)12-3-4-13-26-19-10-8-17(21)9-11-19/h5-11,14H,3-4,12-13H2,1-2H3,(H,22,24). The third-order valence-corrected chi connectivity index (χ3v) is 4.00. The maximum atomic E-state index is 12.5. The second kappa shape index (κ2) is 9.82. The molecule has 0 bridgehead atoms. The van der Waals surface area contributed by atoms with Gasteiger partial charge in [0.1, 0.15) is 5.75 Å². The van der Waals surface area contributed by atoms with Crippen molar-refractivity contribution in [1.29, 1.82) is 0 Å². The summed E-state index contributed by atoms with van der Waals surface area (Å²) in [6.07, 6.45) is 1.67. The molecule has 0 aliphatic heterocycles. The Labute approximate surface area is 158 Å². The lowest BCUT2D eigenvalue weighted by Crippen LogP contribution is -2.28. The minimum Gasteiger partial charge on any atom is -0.494 e. The van der Waals surface area contributed by atoms with Crippen LogP contribution in [0.5, 0.6) is 5.75 Å². The predicted octanol–water partition coefficient (Wildman–Crippen LogP) is 4.23. The van der Waals surface area contributed by atoms with Crippen LogP contribution in [0.1, 0.15) is 30.1 Å². The number of hydrogen-bond acceptors (Lipinski definition) is 3.